The highest BCUT2D eigenvalue weighted by Crippen LogP contribution is 2.38. The number of nitrogens with one attached hydrogen (secondary N) is 1. The van der Waals surface area contributed by atoms with Gasteiger partial charge in [0.15, 0.2) is 0 Å². The maximum Gasteiger partial charge on any atom is 0.409 e. The number of ether oxygens (including phenoxy) is 1. The number of methoxy groups -OCH3 is 1. The number of hydrogen-bond acceptors (Lipinski definition) is 5. The van der Waals surface area contributed by atoms with Crippen molar-refractivity contribution < 1.29 is 23.1 Å². The first-order valence-corrected chi connectivity index (χ1v) is 12.0. The molecule has 4 rings (SSSR count). The molecular weight excluding hydrogens is 454 g/mol. The predicted octanol–water partition coefficient (Wildman–Crippen LogP) is 4.55. The van der Waals surface area contributed by atoms with Crippen molar-refractivity contribution in [1.29, 1.82) is 0 Å². The van der Waals surface area contributed by atoms with Crippen LogP contribution in [0.15, 0.2) is 36.5 Å². The van der Waals surface area contributed by atoms with Gasteiger partial charge in [-0.2, -0.15) is 0 Å². The number of carbonyl (C=O) groups is 2. The summed E-state index contributed by atoms with van der Waals surface area (Å²) in [5, 5.41) is 2.98. The number of benzene rings is 1. The number of fused-ring (bicyclic) bond motifs is 1. The van der Waals surface area contributed by atoms with Crippen LogP contribution in [0.2, 0.25) is 0 Å². The summed E-state index contributed by atoms with van der Waals surface area (Å²) >= 11 is 0. The zero-order valence-corrected chi connectivity index (χ0v) is 20.3. The summed E-state index contributed by atoms with van der Waals surface area (Å²) in [5.74, 6) is 0.306. The standard InChI is InChI=1S/C26H32F2N4O3/c1-16(2)23-22-21(15-32(23)13-17-4-6-19(7-5-17)24(27)28)10-20(12-29-22)25(33)30-11-18-8-9-31(14-18)26(34)35-3/h4-7,10,12,16,18,23-24H,8-9,11,13-15H2,1-3H3,(H,30,33). The van der Waals surface area contributed by atoms with Gasteiger partial charge >= 0.3 is 6.09 Å². The molecule has 0 bridgehead atoms. The molecule has 0 spiro atoms. The minimum atomic E-state index is -2.47. The molecule has 2 aromatic rings. The molecular formula is C26H32F2N4O3. The second-order valence-corrected chi connectivity index (χ2v) is 9.69. The molecule has 2 aliphatic heterocycles. The van der Waals surface area contributed by atoms with Gasteiger partial charge in [-0.15, -0.1) is 0 Å². The molecule has 0 aliphatic carbocycles. The van der Waals surface area contributed by atoms with Crippen molar-refractivity contribution in [2.24, 2.45) is 11.8 Å². The van der Waals surface area contributed by atoms with E-state index >= 15 is 0 Å². The molecule has 1 aromatic carbocycles. The highest BCUT2D eigenvalue weighted by molar-refractivity contribution is 5.94. The fraction of sp³-hybridized carbons (Fsp3) is 0.500. The monoisotopic (exact) mass is 486 g/mol. The van der Waals surface area contributed by atoms with E-state index in [1.54, 1.807) is 23.2 Å². The van der Waals surface area contributed by atoms with E-state index in [1.807, 2.05) is 6.07 Å². The lowest BCUT2D eigenvalue weighted by Crippen LogP contribution is -2.33. The molecule has 2 amide bonds. The highest BCUT2D eigenvalue weighted by atomic mass is 19.3. The van der Waals surface area contributed by atoms with Crippen molar-refractivity contribution in [1.82, 2.24) is 20.1 Å². The number of nitrogens with zero attached hydrogens (tertiary/aromatic N) is 3. The molecule has 2 atom stereocenters. The number of aromatic nitrogens is 1. The quantitative estimate of drug-likeness (QED) is 0.622. The Balaban J connectivity index is 1.40. The van der Waals surface area contributed by atoms with Gasteiger partial charge in [-0.1, -0.05) is 38.1 Å². The molecule has 35 heavy (non-hydrogen) atoms. The van der Waals surface area contributed by atoms with E-state index in [9.17, 15) is 18.4 Å². The average molecular weight is 487 g/mol. The Kier molecular flexibility index (Phi) is 7.64. The fourth-order valence-corrected chi connectivity index (χ4v) is 5.06. The summed E-state index contributed by atoms with van der Waals surface area (Å²) < 4.78 is 30.5. The van der Waals surface area contributed by atoms with Crippen molar-refractivity contribution in [3.8, 4) is 0 Å². The normalized spacial score (nSPS) is 19.9. The van der Waals surface area contributed by atoms with Gasteiger partial charge in [0.05, 0.1) is 24.4 Å². The Morgan fingerprint density at radius 1 is 1.23 bits per heavy atom. The van der Waals surface area contributed by atoms with Crippen LogP contribution in [-0.4, -0.2) is 53.5 Å². The Hall–Kier alpha value is -3.07. The molecule has 2 aliphatic rings. The first-order valence-electron chi connectivity index (χ1n) is 12.0. The van der Waals surface area contributed by atoms with E-state index in [1.165, 1.54) is 19.2 Å². The van der Waals surface area contributed by atoms with Crippen LogP contribution in [0.5, 0.6) is 0 Å². The molecule has 0 radical (unpaired) electrons. The molecule has 1 saturated heterocycles. The maximum absolute atomic E-state index is 12.9. The first kappa shape index (κ1) is 25.0. The predicted molar refractivity (Wildman–Crippen MR) is 127 cm³/mol. The van der Waals surface area contributed by atoms with Gasteiger partial charge < -0.3 is 15.0 Å². The van der Waals surface area contributed by atoms with Gasteiger partial charge in [0.2, 0.25) is 0 Å². The molecule has 9 heteroatoms. The van der Waals surface area contributed by atoms with E-state index < -0.39 is 6.43 Å². The Labute approximate surface area is 204 Å². The Morgan fingerprint density at radius 2 is 1.97 bits per heavy atom. The van der Waals surface area contributed by atoms with Crippen molar-refractivity contribution in [2.45, 2.75) is 45.8 Å². The molecule has 2 unspecified atom stereocenters. The first-order chi connectivity index (χ1) is 16.8. The highest BCUT2D eigenvalue weighted by Gasteiger charge is 2.34. The number of amides is 2. The van der Waals surface area contributed by atoms with Crippen molar-refractivity contribution in [3.05, 3.63) is 64.5 Å². The Morgan fingerprint density at radius 3 is 2.63 bits per heavy atom. The number of alkyl halides is 2. The molecule has 1 N–H and O–H groups in total. The molecule has 188 valence electrons. The van der Waals surface area contributed by atoms with Crippen LogP contribution in [0.1, 0.15) is 65.5 Å². The van der Waals surface area contributed by atoms with Gasteiger partial charge in [0.1, 0.15) is 0 Å². The van der Waals surface area contributed by atoms with E-state index in [4.69, 9.17) is 4.74 Å². The summed E-state index contributed by atoms with van der Waals surface area (Å²) in [6, 6.07) is 8.44. The topological polar surface area (TPSA) is 74.8 Å². The number of rotatable bonds is 7. The number of carbonyl (C=O) groups excluding carboxylic acids is 2. The number of halogens is 2. The van der Waals surface area contributed by atoms with Crippen LogP contribution in [0, 0.1) is 11.8 Å². The van der Waals surface area contributed by atoms with Crippen LogP contribution in [0.25, 0.3) is 0 Å². The molecule has 1 fully saturated rings. The van der Waals surface area contributed by atoms with Gasteiger partial charge in [-0.3, -0.25) is 14.7 Å². The third-order valence-corrected chi connectivity index (χ3v) is 6.83. The van der Waals surface area contributed by atoms with E-state index in [2.05, 4.69) is 29.0 Å². The van der Waals surface area contributed by atoms with E-state index in [0.29, 0.717) is 44.2 Å². The summed E-state index contributed by atoms with van der Waals surface area (Å²) in [6.07, 6.45) is -0.366. The van der Waals surface area contributed by atoms with Crippen LogP contribution < -0.4 is 5.32 Å². The number of pyridine rings is 1. The van der Waals surface area contributed by atoms with Crippen LogP contribution in [0.4, 0.5) is 13.6 Å². The second kappa shape index (κ2) is 10.7. The average Bonchev–Trinajstić information content (AvgIpc) is 3.46. The summed E-state index contributed by atoms with van der Waals surface area (Å²) in [5.41, 5.74) is 3.47. The SMILES string of the molecule is COC(=O)N1CCC(CNC(=O)c2cnc3c(c2)CN(Cc2ccc(C(F)F)cc2)C3C(C)C)C1. The third kappa shape index (κ3) is 5.61. The number of hydrogen-bond donors (Lipinski definition) is 1. The molecule has 0 saturated carbocycles. The number of likely N-dealkylation sites (tertiary alicyclic amines) is 1. The lowest BCUT2D eigenvalue weighted by atomic mass is 9.99. The largest absolute Gasteiger partial charge is 0.453 e. The smallest absolute Gasteiger partial charge is 0.409 e. The minimum Gasteiger partial charge on any atom is -0.453 e. The lowest BCUT2D eigenvalue weighted by molar-refractivity contribution is 0.0946. The van der Waals surface area contributed by atoms with Crippen LogP contribution in [0.3, 0.4) is 0 Å². The molecule has 3 heterocycles. The Bertz CT molecular complexity index is 1060. The van der Waals surface area contributed by atoms with Crippen molar-refractivity contribution >= 4 is 12.0 Å². The summed E-state index contributed by atoms with van der Waals surface area (Å²) in [4.78, 5) is 33.1. The van der Waals surface area contributed by atoms with Gasteiger partial charge in [0, 0.05) is 44.5 Å². The zero-order valence-electron chi connectivity index (χ0n) is 20.3. The van der Waals surface area contributed by atoms with Crippen LogP contribution in [-0.2, 0) is 17.8 Å². The lowest BCUT2D eigenvalue weighted by Gasteiger charge is -2.27. The van der Waals surface area contributed by atoms with E-state index in [-0.39, 0.29) is 29.5 Å². The second-order valence-electron chi connectivity index (χ2n) is 9.69. The van der Waals surface area contributed by atoms with Gasteiger partial charge in [-0.25, -0.2) is 13.6 Å². The minimum absolute atomic E-state index is 0.0202. The van der Waals surface area contributed by atoms with Gasteiger partial charge in [0.25, 0.3) is 12.3 Å². The van der Waals surface area contributed by atoms with E-state index in [0.717, 1.165) is 23.2 Å². The fourth-order valence-electron chi connectivity index (χ4n) is 5.06. The van der Waals surface area contributed by atoms with Crippen molar-refractivity contribution in [2.75, 3.05) is 26.7 Å². The van der Waals surface area contributed by atoms with Crippen molar-refractivity contribution in [3.63, 3.8) is 0 Å². The molecule has 7 nitrogen and oxygen atoms in total. The molecule has 1 aromatic heterocycles. The summed E-state index contributed by atoms with van der Waals surface area (Å²) in [6.45, 7) is 7.20. The zero-order chi connectivity index (χ0) is 25.1. The third-order valence-electron chi connectivity index (χ3n) is 6.83. The van der Waals surface area contributed by atoms with Crippen LogP contribution >= 0.6 is 0 Å². The maximum atomic E-state index is 12.9. The van der Waals surface area contributed by atoms with Gasteiger partial charge in [-0.05, 0) is 35.4 Å². The summed E-state index contributed by atoms with van der Waals surface area (Å²) in [7, 11) is 1.37.